The summed E-state index contributed by atoms with van der Waals surface area (Å²) in [6.45, 7) is 0. The number of aromatic hydroxyl groups is 1. The quantitative estimate of drug-likeness (QED) is 0.570. The van der Waals surface area contributed by atoms with E-state index in [9.17, 15) is 5.11 Å². The maximum atomic E-state index is 10.7. The van der Waals surface area contributed by atoms with Gasteiger partial charge in [-0.2, -0.15) is 0 Å². The number of benzene rings is 1. The summed E-state index contributed by atoms with van der Waals surface area (Å²) in [5.74, 6) is 2.13. The van der Waals surface area contributed by atoms with Gasteiger partial charge in [-0.25, -0.2) is 9.97 Å². The van der Waals surface area contributed by atoms with Gasteiger partial charge in [0.2, 0.25) is 0 Å². The molecule has 3 aromatic rings. The van der Waals surface area contributed by atoms with Gasteiger partial charge >= 0.3 is 0 Å². The van der Waals surface area contributed by atoms with E-state index in [4.69, 9.17) is 9.47 Å². The number of hydrogen-bond donors (Lipinski definition) is 2. The second-order valence-corrected chi connectivity index (χ2v) is 9.04. The Labute approximate surface area is 199 Å². The van der Waals surface area contributed by atoms with Gasteiger partial charge in [-0.1, -0.05) is 12.5 Å². The van der Waals surface area contributed by atoms with Gasteiger partial charge in [-0.3, -0.25) is 0 Å². The fourth-order valence-corrected chi connectivity index (χ4v) is 5.08. The molecule has 0 amide bonds. The van der Waals surface area contributed by atoms with Crippen LogP contribution in [0.25, 0.3) is 22.5 Å². The summed E-state index contributed by atoms with van der Waals surface area (Å²) >= 11 is 0. The number of rotatable bonds is 6. The third-order valence-electron chi connectivity index (χ3n) is 6.95. The summed E-state index contributed by atoms with van der Waals surface area (Å²) in [4.78, 5) is 11.0. The SMILES string of the molecule is COc1cc(-c2ccc(-c3ncc(N(C)C4C[C@H]5CCC[C@@H](C4)N5)nn3)c(O)c2)cnc1OC. The van der Waals surface area contributed by atoms with E-state index >= 15 is 0 Å². The zero-order valence-corrected chi connectivity index (χ0v) is 19.7. The minimum absolute atomic E-state index is 0.0707. The Morgan fingerprint density at radius 3 is 2.41 bits per heavy atom. The Bertz CT molecular complexity index is 1140. The molecule has 1 unspecified atom stereocenters. The number of ether oxygens (including phenoxy) is 2. The number of nitrogens with zero attached hydrogens (tertiary/aromatic N) is 5. The first kappa shape index (κ1) is 22.3. The molecule has 34 heavy (non-hydrogen) atoms. The van der Waals surface area contributed by atoms with Crippen LogP contribution >= 0.6 is 0 Å². The highest BCUT2D eigenvalue weighted by atomic mass is 16.5. The molecule has 0 spiro atoms. The van der Waals surface area contributed by atoms with Crippen LogP contribution in [0.4, 0.5) is 5.82 Å². The highest BCUT2D eigenvalue weighted by molar-refractivity contribution is 5.73. The van der Waals surface area contributed by atoms with Gasteiger partial charge in [-0.15, -0.1) is 10.2 Å². The van der Waals surface area contributed by atoms with Crippen LogP contribution in [0.2, 0.25) is 0 Å². The van der Waals surface area contributed by atoms with Crippen molar-refractivity contribution >= 4 is 5.82 Å². The van der Waals surface area contributed by atoms with Gasteiger partial charge in [0.25, 0.3) is 5.88 Å². The molecule has 0 saturated carbocycles. The molecule has 1 aromatic carbocycles. The molecule has 5 rings (SSSR count). The van der Waals surface area contributed by atoms with Crippen molar-refractivity contribution in [2.24, 2.45) is 0 Å². The predicted octanol–water partition coefficient (Wildman–Crippen LogP) is 3.43. The van der Waals surface area contributed by atoms with E-state index in [1.807, 2.05) is 12.1 Å². The van der Waals surface area contributed by atoms with Crippen LogP contribution < -0.4 is 19.7 Å². The molecule has 2 N–H and O–H groups in total. The number of aromatic nitrogens is 4. The van der Waals surface area contributed by atoms with E-state index < -0.39 is 0 Å². The Morgan fingerprint density at radius 1 is 0.971 bits per heavy atom. The van der Waals surface area contributed by atoms with Crippen LogP contribution in [0, 0.1) is 0 Å². The molecule has 178 valence electrons. The van der Waals surface area contributed by atoms with Gasteiger partial charge in [0.1, 0.15) is 5.75 Å². The topological polar surface area (TPSA) is 106 Å². The number of anilines is 1. The maximum absolute atomic E-state index is 10.7. The van der Waals surface area contributed by atoms with Crippen molar-refractivity contribution in [3.8, 4) is 39.9 Å². The molecule has 0 radical (unpaired) electrons. The molecule has 9 heteroatoms. The first-order chi connectivity index (χ1) is 16.6. The van der Waals surface area contributed by atoms with Gasteiger partial charge in [0.05, 0.1) is 26.0 Å². The van der Waals surface area contributed by atoms with Crippen molar-refractivity contribution in [2.75, 3.05) is 26.2 Å². The number of fused-ring (bicyclic) bond motifs is 2. The zero-order valence-electron chi connectivity index (χ0n) is 19.7. The zero-order chi connectivity index (χ0) is 23.7. The summed E-state index contributed by atoms with van der Waals surface area (Å²) in [7, 11) is 5.17. The number of methoxy groups -OCH3 is 2. The lowest BCUT2D eigenvalue weighted by Gasteiger charge is -2.43. The smallest absolute Gasteiger partial charge is 0.256 e. The van der Waals surface area contributed by atoms with E-state index in [2.05, 4.69) is 37.4 Å². The largest absolute Gasteiger partial charge is 0.507 e. The normalized spacial score (nSPS) is 21.7. The highest BCUT2D eigenvalue weighted by Gasteiger charge is 2.33. The van der Waals surface area contributed by atoms with E-state index in [1.165, 1.54) is 19.3 Å². The van der Waals surface area contributed by atoms with Crippen LogP contribution in [-0.2, 0) is 0 Å². The van der Waals surface area contributed by atoms with Crippen molar-refractivity contribution in [2.45, 2.75) is 50.2 Å². The Kier molecular flexibility index (Phi) is 6.19. The Hall–Kier alpha value is -3.46. The average Bonchev–Trinajstić information content (AvgIpc) is 2.87. The second kappa shape index (κ2) is 9.42. The van der Waals surface area contributed by atoms with Gasteiger partial charge in [0.15, 0.2) is 17.4 Å². The number of hydrogen-bond acceptors (Lipinski definition) is 9. The molecule has 2 bridgehead atoms. The van der Waals surface area contributed by atoms with Crippen LogP contribution in [0.15, 0.2) is 36.7 Å². The standard InChI is InChI=1S/C25H30N6O3/c1-31(19-11-17-5-4-6-18(12-19)28-17)23-14-26-24(30-29-23)20-8-7-15(9-21(20)32)16-10-22(33-2)25(34-3)27-13-16/h7-10,13-14,17-19,28,32H,4-6,11-12H2,1-3H3/t17-,18+,19?. The molecular weight excluding hydrogens is 432 g/mol. The minimum Gasteiger partial charge on any atom is -0.507 e. The average molecular weight is 463 g/mol. The summed E-state index contributed by atoms with van der Waals surface area (Å²) in [6, 6.07) is 8.77. The molecular formula is C25H30N6O3. The molecule has 2 fully saturated rings. The number of piperidine rings is 2. The Balaban J connectivity index is 1.33. The fraction of sp³-hybridized carbons (Fsp3) is 0.440. The van der Waals surface area contributed by atoms with Crippen molar-refractivity contribution in [3.63, 3.8) is 0 Å². The third-order valence-corrected chi connectivity index (χ3v) is 6.95. The maximum Gasteiger partial charge on any atom is 0.256 e. The number of pyridine rings is 1. The molecule has 2 aliphatic rings. The fourth-order valence-electron chi connectivity index (χ4n) is 5.08. The number of phenols is 1. The van der Waals surface area contributed by atoms with E-state index in [0.717, 1.165) is 29.8 Å². The highest BCUT2D eigenvalue weighted by Crippen LogP contribution is 2.35. The molecule has 2 saturated heterocycles. The number of phenolic OH excluding ortho intramolecular Hbond substituents is 1. The van der Waals surface area contributed by atoms with Crippen LogP contribution in [-0.4, -0.2) is 64.7 Å². The van der Waals surface area contributed by atoms with Crippen molar-refractivity contribution in [1.29, 1.82) is 0 Å². The van der Waals surface area contributed by atoms with Gasteiger partial charge in [-0.05, 0) is 49.4 Å². The number of nitrogens with one attached hydrogen (secondary N) is 1. The van der Waals surface area contributed by atoms with Crippen LogP contribution in [0.3, 0.4) is 0 Å². The third kappa shape index (κ3) is 4.35. The Morgan fingerprint density at radius 2 is 1.76 bits per heavy atom. The second-order valence-electron chi connectivity index (χ2n) is 9.04. The van der Waals surface area contributed by atoms with E-state index in [1.54, 1.807) is 38.7 Å². The van der Waals surface area contributed by atoms with E-state index in [0.29, 0.717) is 41.1 Å². The summed E-state index contributed by atoms with van der Waals surface area (Å²) < 4.78 is 10.5. The van der Waals surface area contributed by atoms with Crippen LogP contribution in [0.1, 0.15) is 32.1 Å². The molecule has 2 aliphatic heterocycles. The minimum atomic E-state index is 0.0707. The monoisotopic (exact) mass is 462 g/mol. The van der Waals surface area contributed by atoms with Crippen molar-refractivity contribution in [1.82, 2.24) is 25.5 Å². The molecule has 3 atom stereocenters. The van der Waals surface area contributed by atoms with Crippen LogP contribution in [0.5, 0.6) is 17.4 Å². The van der Waals surface area contributed by atoms with E-state index in [-0.39, 0.29) is 5.75 Å². The van der Waals surface area contributed by atoms with Crippen molar-refractivity contribution in [3.05, 3.63) is 36.7 Å². The van der Waals surface area contributed by atoms with Crippen molar-refractivity contribution < 1.29 is 14.6 Å². The summed E-state index contributed by atoms with van der Waals surface area (Å²) in [6.07, 6.45) is 9.46. The predicted molar refractivity (Wildman–Crippen MR) is 129 cm³/mol. The lowest BCUT2D eigenvalue weighted by molar-refractivity contribution is 0.219. The van der Waals surface area contributed by atoms with Gasteiger partial charge < -0.3 is 24.8 Å². The molecule has 9 nitrogen and oxygen atoms in total. The molecule has 4 heterocycles. The lowest BCUT2D eigenvalue weighted by Crippen LogP contribution is -2.54. The first-order valence-corrected chi connectivity index (χ1v) is 11.7. The first-order valence-electron chi connectivity index (χ1n) is 11.7. The molecule has 2 aromatic heterocycles. The summed E-state index contributed by atoms with van der Waals surface area (Å²) in [5.41, 5.74) is 2.10. The lowest BCUT2D eigenvalue weighted by atomic mass is 9.83. The molecule has 0 aliphatic carbocycles. The summed E-state index contributed by atoms with van der Waals surface area (Å²) in [5, 5.41) is 23.2. The van der Waals surface area contributed by atoms with Gasteiger partial charge in [0, 0.05) is 36.9 Å².